The Balaban J connectivity index is 2.36. The topological polar surface area (TPSA) is 55.1 Å². The molecule has 2 aromatic rings. The quantitative estimate of drug-likeness (QED) is 0.848. The normalized spacial score (nSPS) is 10.2. The van der Waals surface area contributed by atoms with Crippen LogP contribution in [0, 0.1) is 12.7 Å². The average molecular weight is 323 g/mol. The molecular weight excluding hydrogens is 311 g/mol. The summed E-state index contributed by atoms with van der Waals surface area (Å²) in [5.74, 6) is -1.28. The molecule has 0 saturated heterocycles. The zero-order chi connectivity index (χ0) is 15.6. The van der Waals surface area contributed by atoms with Crippen LogP contribution in [0.15, 0.2) is 36.4 Å². The van der Waals surface area contributed by atoms with E-state index in [9.17, 15) is 9.18 Å². The monoisotopic (exact) mass is 322 g/mol. The van der Waals surface area contributed by atoms with Crippen LogP contribution >= 0.6 is 23.8 Å². The molecule has 108 valence electrons. The molecule has 0 atom stereocenters. The first-order chi connectivity index (χ1) is 9.90. The summed E-state index contributed by atoms with van der Waals surface area (Å²) in [4.78, 5) is 12.3. The molecule has 0 fully saturated rings. The molecule has 6 heteroatoms. The lowest BCUT2D eigenvalue weighted by Crippen LogP contribution is -2.19. The number of carbonyl (C=O) groups excluding carboxylic acids is 1. The minimum atomic E-state index is -0.690. The van der Waals surface area contributed by atoms with Gasteiger partial charge in [-0.1, -0.05) is 36.0 Å². The number of carbonyl (C=O) groups is 1. The zero-order valence-electron chi connectivity index (χ0n) is 11.1. The van der Waals surface area contributed by atoms with E-state index in [1.807, 2.05) is 13.0 Å². The second-order valence-corrected chi connectivity index (χ2v) is 5.32. The smallest absolute Gasteiger partial charge is 0.258 e. The highest BCUT2D eigenvalue weighted by atomic mass is 35.5. The van der Waals surface area contributed by atoms with Gasteiger partial charge in [0.2, 0.25) is 0 Å². The molecule has 0 unspecified atom stereocenters. The summed E-state index contributed by atoms with van der Waals surface area (Å²) in [5, 5.41) is 2.85. The van der Waals surface area contributed by atoms with Crippen LogP contribution in [-0.2, 0) is 0 Å². The van der Waals surface area contributed by atoms with Crippen molar-refractivity contribution in [3.05, 3.63) is 63.9 Å². The highest BCUT2D eigenvalue weighted by Gasteiger charge is 2.15. The molecule has 0 saturated carbocycles. The molecule has 0 bridgehead atoms. The average Bonchev–Trinajstić information content (AvgIpc) is 2.37. The molecule has 21 heavy (non-hydrogen) atoms. The minimum absolute atomic E-state index is 0.102. The molecule has 0 aliphatic carbocycles. The number of rotatable bonds is 3. The Morgan fingerprint density at radius 3 is 2.67 bits per heavy atom. The van der Waals surface area contributed by atoms with Gasteiger partial charge in [0.25, 0.3) is 5.91 Å². The SMILES string of the molecule is Cc1cccc(NC(=O)c2ccc(Cl)cc2F)c1C(N)=S. The maximum atomic E-state index is 13.7. The molecule has 0 spiro atoms. The molecule has 3 nitrogen and oxygen atoms in total. The van der Waals surface area contributed by atoms with Crippen LogP contribution in [0.1, 0.15) is 21.5 Å². The highest BCUT2D eigenvalue weighted by Crippen LogP contribution is 2.21. The minimum Gasteiger partial charge on any atom is -0.389 e. The van der Waals surface area contributed by atoms with Gasteiger partial charge in [0.1, 0.15) is 10.8 Å². The van der Waals surface area contributed by atoms with Gasteiger partial charge in [-0.3, -0.25) is 4.79 Å². The van der Waals surface area contributed by atoms with Crippen LogP contribution < -0.4 is 11.1 Å². The molecule has 1 amide bonds. The summed E-state index contributed by atoms with van der Waals surface area (Å²) in [5.41, 5.74) is 7.41. The van der Waals surface area contributed by atoms with Gasteiger partial charge < -0.3 is 11.1 Å². The van der Waals surface area contributed by atoms with E-state index >= 15 is 0 Å². The second-order valence-electron chi connectivity index (χ2n) is 4.44. The van der Waals surface area contributed by atoms with E-state index in [0.29, 0.717) is 11.3 Å². The standard InChI is InChI=1S/C15H12ClFN2OS/c1-8-3-2-4-12(13(8)14(18)21)19-15(20)10-6-5-9(16)7-11(10)17/h2-7H,1H3,(H2,18,21)(H,19,20). The van der Waals surface area contributed by atoms with Crippen molar-refractivity contribution in [2.45, 2.75) is 6.92 Å². The number of thiocarbonyl (C=S) groups is 1. The molecule has 3 N–H and O–H groups in total. The second kappa shape index (κ2) is 6.20. The Kier molecular flexibility index (Phi) is 4.55. The maximum Gasteiger partial charge on any atom is 0.258 e. The van der Waals surface area contributed by atoms with Gasteiger partial charge in [0.15, 0.2) is 0 Å². The molecule has 2 aromatic carbocycles. The van der Waals surface area contributed by atoms with Crippen molar-refractivity contribution in [3.8, 4) is 0 Å². The molecule has 0 aliphatic rings. The Bertz CT molecular complexity index is 734. The summed E-state index contributed by atoms with van der Waals surface area (Å²) in [6.07, 6.45) is 0. The molecular formula is C15H12ClFN2OS. The zero-order valence-corrected chi connectivity index (χ0v) is 12.7. The summed E-state index contributed by atoms with van der Waals surface area (Å²) >= 11 is 10.6. The third-order valence-electron chi connectivity index (χ3n) is 2.94. The summed E-state index contributed by atoms with van der Waals surface area (Å²) < 4.78 is 13.7. The van der Waals surface area contributed by atoms with Crippen molar-refractivity contribution in [2.24, 2.45) is 5.73 Å². The predicted octanol–water partition coefficient (Wildman–Crippen LogP) is 3.67. The number of nitrogens with two attached hydrogens (primary N) is 1. The Labute approximate surface area is 131 Å². The third-order valence-corrected chi connectivity index (χ3v) is 3.38. The Hall–Kier alpha value is -1.98. The van der Waals surface area contributed by atoms with E-state index < -0.39 is 11.7 Å². The number of benzene rings is 2. The summed E-state index contributed by atoms with van der Waals surface area (Å²) in [6.45, 7) is 1.83. The van der Waals surface area contributed by atoms with E-state index in [4.69, 9.17) is 29.6 Å². The third kappa shape index (κ3) is 3.37. The number of aryl methyl sites for hydroxylation is 1. The fourth-order valence-corrected chi connectivity index (χ4v) is 2.39. The van der Waals surface area contributed by atoms with E-state index in [1.54, 1.807) is 12.1 Å². The van der Waals surface area contributed by atoms with Crippen molar-refractivity contribution in [1.82, 2.24) is 0 Å². The van der Waals surface area contributed by atoms with Crippen molar-refractivity contribution in [2.75, 3.05) is 5.32 Å². The molecule has 0 aromatic heterocycles. The van der Waals surface area contributed by atoms with E-state index in [1.165, 1.54) is 12.1 Å². The van der Waals surface area contributed by atoms with Crippen LogP contribution in [0.25, 0.3) is 0 Å². The van der Waals surface area contributed by atoms with Gasteiger partial charge in [0.05, 0.1) is 11.3 Å². The highest BCUT2D eigenvalue weighted by molar-refractivity contribution is 7.80. The van der Waals surface area contributed by atoms with Crippen molar-refractivity contribution < 1.29 is 9.18 Å². The first-order valence-electron chi connectivity index (χ1n) is 6.06. The van der Waals surface area contributed by atoms with Crippen LogP contribution in [0.3, 0.4) is 0 Å². The summed E-state index contributed by atoms with van der Waals surface area (Å²) in [7, 11) is 0. The molecule has 0 radical (unpaired) electrons. The van der Waals surface area contributed by atoms with Gasteiger partial charge in [-0.25, -0.2) is 4.39 Å². The Morgan fingerprint density at radius 2 is 2.05 bits per heavy atom. The van der Waals surface area contributed by atoms with E-state index in [-0.39, 0.29) is 15.6 Å². The lowest BCUT2D eigenvalue weighted by molar-refractivity contribution is 0.102. The van der Waals surface area contributed by atoms with Crippen molar-refractivity contribution in [1.29, 1.82) is 0 Å². The van der Waals surface area contributed by atoms with Crippen molar-refractivity contribution in [3.63, 3.8) is 0 Å². The van der Waals surface area contributed by atoms with Gasteiger partial charge in [0, 0.05) is 10.6 Å². The number of nitrogens with one attached hydrogen (secondary N) is 1. The van der Waals surface area contributed by atoms with Crippen molar-refractivity contribution >= 4 is 40.4 Å². The van der Waals surface area contributed by atoms with Crippen LogP contribution in [0.4, 0.5) is 10.1 Å². The van der Waals surface area contributed by atoms with Gasteiger partial charge in [-0.2, -0.15) is 0 Å². The number of amides is 1. The van der Waals surface area contributed by atoms with E-state index in [2.05, 4.69) is 5.32 Å². The molecule has 0 heterocycles. The fraction of sp³-hybridized carbons (Fsp3) is 0.0667. The number of hydrogen-bond donors (Lipinski definition) is 2. The first kappa shape index (κ1) is 15.4. The predicted molar refractivity (Wildman–Crippen MR) is 86.4 cm³/mol. The maximum absolute atomic E-state index is 13.7. The fourth-order valence-electron chi connectivity index (χ4n) is 1.96. The molecule has 0 aliphatic heterocycles. The Morgan fingerprint density at radius 1 is 1.33 bits per heavy atom. The number of halogens is 2. The lowest BCUT2D eigenvalue weighted by Gasteiger charge is -2.13. The lowest BCUT2D eigenvalue weighted by atomic mass is 10.1. The van der Waals surface area contributed by atoms with Gasteiger partial charge in [-0.15, -0.1) is 0 Å². The number of hydrogen-bond acceptors (Lipinski definition) is 2. The number of anilines is 1. The van der Waals surface area contributed by atoms with Crippen LogP contribution in [0.2, 0.25) is 5.02 Å². The summed E-state index contributed by atoms with van der Waals surface area (Å²) in [6, 6.07) is 9.10. The van der Waals surface area contributed by atoms with E-state index in [0.717, 1.165) is 11.6 Å². The van der Waals surface area contributed by atoms with Crippen LogP contribution in [-0.4, -0.2) is 10.9 Å². The largest absolute Gasteiger partial charge is 0.389 e. The van der Waals surface area contributed by atoms with Crippen LogP contribution in [0.5, 0.6) is 0 Å². The first-order valence-corrected chi connectivity index (χ1v) is 6.84. The molecule has 2 rings (SSSR count). The van der Waals surface area contributed by atoms with Gasteiger partial charge in [-0.05, 0) is 36.8 Å². The van der Waals surface area contributed by atoms with Gasteiger partial charge >= 0.3 is 0 Å².